The number of fused-ring (bicyclic) bond motifs is 7. The fourth-order valence-corrected chi connectivity index (χ4v) is 9.72. The van der Waals surface area contributed by atoms with Crippen molar-refractivity contribution in [2.24, 2.45) is 0 Å². The van der Waals surface area contributed by atoms with E-state index in [1.165, 1.54) is 92.7 Å². The van der Waals surface area contributed by atoms with Gasteiger partial charge >= 0.3 is 0 Å². The standard InChI is InChI=1S/C50H32OS/c1-2-14-31(15-3-1)46-33-16-4-8-20-37(33)48(38-21-9-5-17-34(38)46)42-24-12-25-43-49(42)41-28-27-32(30-44(41)51-43)47-35-18-6-10-22-39(35)50(45-26-13-29-52-45)40-23-11-7-19-36(40)47/h1-8,10-20,22-30H,9,21H2. The lowest BCUT2D eigenvalue weighted by atomic mass is 9.79. The van der Waals surface area contributed by atoms with Crippen LogP contribution in [-0.4, -0.2) is 0 Å². The summed E-state index contributed by atoms with van der Waals surface area (Å²) in [7, 11) is 0. The second kappa shape index (κ2) is 11.7. The Bertz CT molecular complexity index is 2990. The average molecular weight is 681 g/mol. The SMILES string of the molecule is C1=Cc2c(c(-c3cccc4oc5cc(-c6c7ccccc7c(-c7cccs7)c7ccccc67)ccc5c34)c3ccccc3c2-c2ccccc2)CC1. The van der Waals surface area contributed by atoms with Gasteiger partial charge in [-0.3, -0.25) is 0 Å². The van der Waals surface area contributed by atoms with E-state index in [0.717, 1.165) is 29.4 Å². The minimum atomic E-state index is 0.912. The Hall–Kier alpha value is -6.22. The van der Waals surface area contributed by atoms with Crippen LogP contribution in [-0.2, 0) is 6.42 Å². The van der Waals surface area contributed by atoms with Gasteiger partial charge in [0, 0.05) is 21.2 Å². The molecule has 2 heterocycles. The number of furan rings is 1. The molecule has 0 N–H and O–H groups in total. The highest BCUT2D eigenvalue weighted by Crippen LogP contribution is 2.49. The molecule has 10 aromatic rings. The topological polar surface area (TPSA) is 13.1 Å². The molecule has 8 aromatic carbocycles. The van der Waals surface area contributed by atoms with Gasteiger partial charge in [-0.15, -0.1) is 11.3 Å². The van der Waals surface area contributed by atoms with Gasteiger partial charge in [-0.2, -0.15) is 0 Å². The maximum atomic E-state index is 6.82. The van der Waals surface area contributed by atoms with E-state index < -0.39 is 0 Å². The molecule has 0 aliphatic heterocycles. The number of hydrogen-bond donors (Lipinski definition) is 0. The van der Waals surface area contributed by atoms with E-state index in [4.69, 9.17) is 4.42 Å². The molecule has 0 spiro atoms. The van der Waals surface area contributed by atoms with Crippen LogP contribution in [0.5, 0.6) is 0 Å². The van der Waals surface area contributed by atoms with Crippen LogP contribution in [0, 0.1) is 0 Å². The quantitative estimate of drug-likeness (QED) is 0.169. The summed E-state index contributed by atoms with van der Waals surface area (Å²) in [4.78, 5) is 1.29. The van der Waals surface area contributed by atoms with Gasteiger partial charge in [-0.1, -0.05) is 140 Å². The van der Waals surface area contributed by atoms with Crippen LogP contribution >= 0.6 is 11.3 Å². The summed E-state index contributed by atoms with van der Waals surface area (Å²) in [6.45, 7) is 0. The Labute approximate surface area is 305 Å². The van der Waals surface area contributed by atoms with Crippen LogP contribution in [0.25, 0.3) is 104 Å². The lowest BCUT2D eigenvalue weighted by Crippen LogP contribution is -2.02. The highest BCUT2D eigenvalue weighted by atomic mass is 32.1. The second-order valence-corrected chi connectivity index (χ2v) is 14.8. The first-order valence-corrected chi connectivity index (χ1v) is 18.9. The summed E-state index contributed by atoms with van der Waals surface area (Å²) in [5.74, 6) is 0. The Balaban J connectivity index is 1.18. The lowest BCUT2D eigenvalue weighted by molar-refractivity contribution is 0.669. The predicted molar refractivity (Wildman–Crippen MR) is 223 cm³/mol. The first-order chi connectivity index (χ1) is 25.8. The minimum absolute atomic E-state index is 0.912. The summed E-state index contributed by atoms with van der Waals surface area (Å²) in [6, 6.07) is 55.4. The molecule has 2 heteroatoms. The second-order valence-electron chi connectivity index (χ2n) is 13.8. The highest BCUT2D eigenvalue weighted by molar-refractivity contribution is 7.13. The Morgan fingerprint density at radius 2 is 1.12 bits per heavy atom. The molecule has 0 saturated carbocycles. The molecule has 0 saturated heterocycles. The zero-order valence-corrected chi connectivity index (χ0v) is 29.2. The summed E-state index contributed by atoms with van der Waals surface area (Å²) in [5, 5.41) is 12.1. The molecule has 0 fully saturated rings. The third-order valence-corrected chi connectivity index (χ3v) is 11.9. The highest BCUT2D eigenvalue weighted by Gasteiger charge is 2.24. The van der Waals surface area contributed by atoms with Gasteiger partial charge in [0.1, 0.15) is 11.2 Å². The van der Waals surface area contributed by atoms with E-state index >= 15 is 0 Å². The van der Waals surface area contributed by atoms with Crippen LogP contribution < -0.4 is 0 Å². The molecule has 1 aliphatic rings. The van der Waals surface area contributed by atoms with E-state index in [2.05, 4.69) is 169 Å². The number of benzene rings is 8. The molecule has 0 atom stereocenters. The van der Waals surface area contributed by atoms with Crippen LogP contribution in [0.4, 0.5) is 0 Å². The zero-order chi connectivity index (χ0) is 34.2. The molecule has 0 amide bonds. The monoisotopic (exact) mass is 680 g/mol. The molecule has 52 heavy (non-hydrogen) atoms. The van der Waals surface area contributed by atoms with Gasteiger partial charge in [0.05, 0.1) is 0 Å². The molecule has 0 unspecified atom stereocenters. The van der Waals surface area contributed by atoms with Gasteiger partial charge in [-0.05, 0) is 119 Å². The fourth-order valence-electron chi connectivity index (χ4n) is 8.92. The zero-order valence-electron chi connectivity index (χ0n) is 28.4. The Morgan fingerprint density at radius 3 is 1.81 bits per heavy atom. The Kier molecular flexibility index (Phi) is 6.62. The third kappa shape index (κ3) is 4.35. The molecule has 11 rings (SSSR count). The summed E-state index contributed by atoms with van der Waals surface area (Å²) in [6.07, 6.45) is 6.73. The molecule has 1 aliphatic carbocycles. The van der Waals surface area contributed by atoms with Crippen LogP contribution in [0.2, 0.25) is 0 Å². The van der Waals surface area contributed by atoms with E-state index in [1.807, 2.05) is 0 Å². The van der Waals surface area contributed by atoms with E-state index in [9.17, 15) is 0 Å². The maximum absolute atomic E-state index is 6.82. The smallest absolute Gasteiger partial charge is 0.136 e. The van der Waals surface area contributed by atoms with Crippen molar-refractivity contribution in [2.45, 2.75) is 12.8 Å². The lowest BCUT2D eigenvalue weighted by Gasteiger charge is -2.24. The predicted octanol–water partition coefficient (Wildman–Crippen LogP) is 14.7. The first-order valence-electron chi connectivity index (χ1n) is 18.1. The largest absolute Gasteiger partial charge is 0.456 e. The van der Waals surface area contributed by atoms with Crippen molar-refractivity contribution >= 4 is 71.7 Å². The summed E-state index contributed by atoms with van der Waals surface area (Å²) >= 11 is 1.80. The van der Waals surface area contributed by atoms with Crippen molar-refractivity contribution in [3.8, 4) is 43.8 Å². The molecular weight excluding hydrogens is 649 g/mol. The van der Waals surface area contributed by atoms with Gasteiger partial charge in [0.15, 0.2) is 0 Å². The van der Waals surface area contributed by atoms with Gasteiger partial charge in [0.2, 0.25) is 0 Å². The van der Waals surface area contributed by atoms with Crippen LogP contribution in [0.15, 0.2) is 168 Å². The third-order valence-electron chi connectivity index (χ3n) is 11.0. The van der Waals surface area contributed by atoms with Crippen LogP contribution in [0.3, 0.4) is 0 Å². The van der Waals surface area contributed by atoms with Gasteiger partial charge in [0.25, 0.3) is 0 Å². The van der Waals surface area contributed by atoms with Crippen molar-refractivity contribution in [3.63, 3.8) is 0 Å². The van der Waals surface area contributed by atoms with Crippen molar-refractivity contribution in [2.75, 3.05) is 0 Å². The number of hydrogen-bond acceptors (Lipinski definition) is 2. The summed E-state index contributed by atoms with van der Waals surface area (Å²) < 4.78 is 6.82. The molecule has 0 radical (unpaired) electrons. The van der Waals surface area contributed by atoms with E-state index in [0.29, 0.717) is 0 Å². The number of thiophene rings is 1. The average Bonchev–Trinajstić information content (AvgIpc) is 3.87. The normalized spacial score (nSPS) is 12.8. The van der Waals surface area contributed by atoms with Crippen molar-refractivity contribution in [1.29, 1.82) is 0 Å². The van der Waals surface area contributed by atoms with Crippen LogP contribution in [0.1, 0.15) is 17.5 Å². The Morgan fingerprint density at radius 1 is 0.462 bits per heavy atom. The molecule has 244 valence electrons. The number of rotatable bonds is 4. The minimum Gasteiger partial charge on any atom is -0.456 e. The number of allylic oxidation sites excluding steroid dienone is 1. The maximum Gasteiger partial charge on any atom is 0.136 e. The molecule has 0 bridgehead atoms. The first kappa shape index (κ1) is 29.5. The molecule has 2 aromatic heterocycles. The van der Waals surface area contributed by atoms with E-state index in [1.54, 1.807) is 11.3 Å². The van der Waals surface area contributed by atoms with Crippen molar-refractivity contribution in [3.05, 3.63) is 174 Å². The summed E-state index contributed by atoms with van der Waals surface area (Å²) in [5.41, 5.74) is 13.5. The fraction of sp³-hybridized carbons (Fsp3) is 0.0400. The van der Waals surface area contributed by atoms with Gasteiger partial charge in [-0.25, -0.2) is 0 Å². The molecular formula is C50H32OS. The van der Waals surface area contributed by atoms with Crippen molar-refractivity contribution in [1.82, 2.24) is 0 Å². The van der Waals surface area contributed by atoms with E-state index in [-0.39, 0.29) is 0 Å². The van der Waals surface area contributed by atoms with Crippen molar-refractivity contribution < 1.29 is 4.42 Å². The van der Waals surface area contributed by atoms with Gasteiger partial charge < -0.3 is 4.42 Å². The molecule has 1 nitrogen and oxygen atoms in total.